The Balaban J connectivity index is 2.73. The van der Waals surface area contributed by atoms with Crippen molar-refractivity contribution in [3.8, 4) is 0 Å². The second-order valence-corrected chi connectivity index (χ2v) is 3.02. The smallest absolute Gasteiger partial charge is 0.323 e. The summed E-state index contributed by atoms with van der Waals surface area (Å²) < 4.78 is 24.9. The highest BCUT2D eigenvalue weighted by atomic mass is 19.3. The summed E-state index contributed by atoms with van der Waals surface area (Å²) >= 11 is 0. The fraction of sp³-hybridized carbons (Fsp3) is 0.833. The quantitative estimate of drug-likeness (QED) is 0.593. The lowest BCUT2D eigenvalue weighted by Gasteiger charge is -2.17. The summed E-state index contributed by atoms with van der Waals surface area (Å²) in [4.78, 5) is 10.4. The van der Waals surface area contributed by atoms with Gasteiger partial charge in [0.05, 0.1) is 6.54 Å². The molecular weight excluding hydrogens is 156 g/mol. The third-order valence-electron chi connectivity index (χ3n) is 1.82. The van der Waals surface area contributed by atoms with E-state index in [9.17, 15) is 13.6 Å². The van der Waals surface area contributed by atoms with E-state index in [1.807, 2.05) is 0 Å². The fourth-order valence-electron chi connectivity index (χ4n) is 1.12. The average molecular weight is 165 g/mol. The molecule has 11 heavy (non-hydrogen) atoms. The first-order valence-corrected chi connectivity index (χ1v) is 3.22. The summed E-state index contributed by atoms with van der Waals surface area (Å²) in [5, 5.41) is 10.8. The molecule has 0 amide bonds. The zero-order valence-electron chi connectivity index (χ0n) is 6.03. The predicted molar refractivity (Wildman–Crippen MR) is 33.6 cm³/mol. The second-order valence-electron chi connectivity index (χ2n) is 3.02. The lowest BCUT2D eigenvalue weighted by molar-refractivity contribution is -0.144. The first-order chi connectivity index (χ1) is 4.86. The zero-order chi connectivity index (χ0) is 8.70. The minimum Gasteiger partial charge on any atom is -0.480 e. The lowest BCUT2D eigenvalue weighted by Crippen LogP contribution is -2.44. The van der Waals surface area contributed by atoms with Gasteiger partial charge in [-0.2, -0.15) is 0 Å². The van der Waals surface area contributed by atoms with Crippen LogP contribution >= 0.6 is 0 Å². The van der Waals surface area contributed by atoms with Gasteiger partial charge in [0.15, 0.2) is 0 Å². The van der Waals surface area contributed by atoms with Crippen LogP contribution in [-0.4, -0.2) is 29.1 Å². The van der Waals surface area contributed by atoms with Gasteiger partial charge in [0.1, 0.15) is 5.54 Å². The lowest BCUT2D eigenvalue weighted by atomic mass is 10.00. The normalized spacial score (nSPS) is 35.5. The van der Waals surface area contributed by atoms with Crippen molar-refractivity contribution in [1.29, 1.82) is 0 Å². The highest BCUT2D eigenvalue weighted by Crippen LogP contribution is 2.31. The molecule has 1 fully saturated rings. The van der Waals surface area contributed by atoms with Crippen molar-refractivity contribution in [1.82, 2.24) is 5.32 Å². The van der Waals surface area contributed by atoms with Crippen molar-refractivity contribution in [2.45, 2.75) is 24.8 Å². The van der Waals surface area contributed by atoms with Crippen molar-refractivity contribution >= 4 is 5.97 Å². The summed E-state index contributed by atoms with van der Waals surface area (Å²) in [6.45, 7) is 0.714. The highest BCUT2D eigenvalue weighted by molar-refractivity contribution is 5.78. The summed E-state index contributed by atoms with van der Waals surface area (Å²) in [5.74, 6) is -4.11. The zero-order valence-corrected chi connectivity index (χ0v) is 6.03. The summed E-state index contributed by atoms with van der Waals surface area (Å²) in [5.41, 5.74) is -1.45. The number of halogens is 2. The molecule has 2 N–H and O–H groups in total. The fourth-order valence-corrected chi connectivity index (χ4v) is 1.12. The van der Waals surface area contributed by atoms with Gasteiger partial charge in [0, 0.05) is 6.42 Å². The molecule has 1 atom stereocenters. The van der Waals surface area contributed by atoms with Crippen LogP contribution in [0.15, 0.2) is 0 Å². The van der Waals surface area contributed by atoms with Gasteiger partial charge in [-0.15, -0.1) is 0 Å². The van der Waals surface area contributed by atoms with Crippen LogP contribution in [0.1, 0.15) is 13.3 Å². The van der Waals surface area contributed by atoms with Gasteiger partial charge in [-0.25, -0.2) is 8.78 Å². The number of aliphatic carboxylic acids is 1. The summed E-state index contributed by atoms with van der Waals surface area (Å²) in [6.07, 6.45) is -0.630. The van der Waals surface area contributed by atoms with Crippen molar-refractivity contribution in [3.05, 3.63) is 0 Å². The summed E-state index contributed by atoms with van der Waals surface area (Å²) in [7, 11) is 0. The van der Waals surface area contributed by atoms with E-state index in [-0.39, 0.29) is 0 Å². The van der Waals surface area contributed by atoms with Crippen LogP contribution in [0.25, 0.3) is 0 Å². The molecule has 0 spiro atoms. The molecule has 0 aliphatic carbocycles. The van der Waals surface area contributed by atoms with E-state index in [1.165, 1.54) is 6.92 Å². The maximum Gasteiger partial charge on any atom is 0.323 e. The molecule has 0 unspecified atom stereocenters. The third kappa shape index (κ3) is 1.48. The molecule has 0 aromatic heterocycles. The Kier molecular flexibility index (Phi) is 1.63. The molecule has 0 aromatic rings. The monoisotopic (exact) mass is 165 g/mol. The molecule has 1 saturated heterocycles. The molecule has 0 saturated carbocycles. The molecule has 1 aliphatic rings. The molecule has 3 nitrogen and oxygen atoms in total. The maximum atomic E-state index is 12.5. The topological polar surface area (TPSA) is 49.3 Å². The number of alkyl halides is 2. The van der Waals surface area contributed by atoms with E-state index >= 15 is 0 Å². The van der Waals surface area contributed by atoms with Crippen LogP contribution in [0, 0.1) is 0 Å². The molecule has 5 heteroatoms. The molecule has 0 aromatic carbocycles. The van der Waals surface area contributed by atoms with Crippen molar-refractivity contribution in [2.24, 2.45) is 0 Å². The minimum absolute atomic E-state index is 0.546. The van der Waals surface area contributed by atoms with Crippen molar-refractivity contribution in [2.75, 3.05) is 6.54 Å². The van der Waals surface area contributed by atoms with Crippen LogP contribution in [0.5, 0.6) is 0 Å². The van der Waals surface area contributed by atoms with Crippen LogP contribution in [-0.2, 0) is 4.79 Å². The molecule has 1 aliphatic heterocycles. The summed E-state index contributed by atoms with van der Waals surface area (Å²) in [6, 6.07) is 0. The Hall–Kier alpha value is -0.710. The van der Waals surface area contributed by atoms with Gasteiger partial charge < -0.3 is 5.11 Å². The third-order valence-corrected chi connectivity index (χ3v) is 1.82. The Bertz CT molecular complexity index is 195. The number of carbonyl (C=O) groups is 1. The minimum atomic E-state index is -2.88. The SMILES string of the molecule is C[C@@]1(C(=O)O)CC(F)(F)CN1. The van der Waals surface area contributed by atoms with Gasteiger partial charge in [0.25, 0.3) is 5.92 Å². The van der Waals surface area contributed by atoms with Crippen LogP contribution in [0.2, 0.25) is 0 Å². The number of carboxylic acids is 1. The number of hydrogen-bond acceptors (Lipinski definition) is 2. The van der Waals surface area contributed by atoms with Gasteiger partial charge in [-0.1, -0.05) is 0 Å². The number of nitrogens with one attached hydrogen (secondary N) is 1. The van der Waals surface area contributed by atoms with Crippen LogP contribution < -0.4 is 5.32 Å². The number of carboxylic acid groups (broad SMARTS) is 1. The largest absolute Gasteiger partial charge is 0.480 e. The van der Waals surface area contributed by atoms with Gasteiger partial charge in [0.2, 0.25) is 0 Å². The van der Waals surface area contributed by atoms with Gasteiger partial charge in [-0.3, -0.25) is 10.1 Å². The van der Waals surface area contributed by atoms with E-state index in [0.717, 1.165) is 0 Å². The Labute approximate surface area is 62.4 Å². The molecular formula is C6H9F2NO2. The maximum absolute atomic E-state index is 12.5. The van der Waals surface area contributed by atoms with E-state index in [2.05, 4.69) is 5.32 Å². The second kappa shape index (κ2) is 2.14. The highest BCUT2D eigenvalue weighted by Gasteiger charge is 2.50. The van der Waals surface area contributed by atoms with Crippen LogP contribution in [0.4, 0.5) is 8.78 Å². The molecule has 0 bridgehead atoms. The predicted octanol–water partition coefficient (Wildman–Crippen LogP) is 0.458. The number of hydrogen-bond donors (Lipinski definition) is 2. The molecule has 0 radical (unpaired) electrons. The Morgan fingerprint density at radius 2 is 2.18 bits per heavy atom. The van der Waals surface area contributed by atoms with Gasteiger partial charge >= 0.3 is 5.97 Å². The van der Waals surface area contributed by atoms with E-state index in [1.54, 1.807) is 0 Å². The Morgan fingerprint density at radius 3 is 2.36 bits per heavy atom. The first-order valence-electron chi connectivity index (χ1n) is 3.22. The van der Waals surface area contributed by atoms with E-state index < -0.39 is 30.4 Å². The molecule has 64 valence electrons. The van der Waals surface area contributed by atoms with Crippen molar-refractivity contribution in [3.63, 3.8) is 0 Å². The molecule has 1 heterocycles. The van der Waals surface area contributed by atoms with Gasteiger partial charge in [-0.05, 0) is 6.92 Å². The van der Waals surface area contributed by atoms with E-state index in [0.29, 0.717) is 0 Å². The van der Waals surface area contributed by atoms with Crippen LogP contribution in [0.3, 0.4) is 0 Å². The number of rotatable bonds is 1. The molecule has 1 rings (SSSR count). The standard InChI is InChI=1S/C6H9F2NO2/c1-5(4(10)11)2-6(7,8)3-9-5/h9H,2-3H2,1H3,(H,10,11)/t5-/m0/s1. The Morgan fingerprint density at radius 1 is 1.64 bits per heavy atom. The first kappa shape index (κ1) is 8.39. The van der Waals surface area contributed by atoms with Crippen molar-refractivity contribution < 1.29 is 18.7 Å². The average Bonchev–Trinajstić information content (AvgIpc) is 2.08. The van der Waals surface area contributed by atoms with E-state index in [4.69, 9.17) is 5.11 Å².